The normalized spacial score (nSPS) is 11.7. The van der Waals surface area contributed by atoms with Crippen LogP contribution in [-0.2, 0) is 9.59 Å². The van der Waals surface area contributed by atoms with Crippen LogP contribution in [0.4, 0.5) is 0 Å². The van der Waals surface area contributed by atoms with Crippen LogP contribution in [0.5, 0.6) is 0 Å². The largest absolute Gasteiger partial charge is 0.393 e. The Morgan fingerprint density at radius 3 is 2.47 bits per heavy atom. The third-order valence-corrected chi connectivity index (χ3v) is 2.48. The molecule has 15 heavy (non-hydrogen) atoms. The van der Waals surface area contributed by atoms with E-state index in [1.165, 1.54) is 4.90 Å². The zero-order chi connectivity index (χ0) is 12.0. The van der Waals surface area contributed by atoms with Crippen LogP contribution < -0.4 is 11.1 Å². The SMILES string of the molecule is CNC(=O)CCN(C)C(=O)C(C)C(N)=S. The number of rotatable bonds is 5. The standard InChI is InChI=1S/C9H17N3O2S/c1-6(8(10)15)9(14)12(3)5-4-7(13)11-2/h6H,4-5H2,1-3H3,(H2,10,15)(H,11,13). The Balaban J connectivity index is 4.10. The molecule has 0 aliphatic heterocycles. The minimum absolute atomic E-state index is 0.0994. The summed E-state index contributed by atoms with van der Waals surface area (Å²) < 4.78 is 0. The highest BCUT2D eigenvalue weighted by atomic mass is 32.1. The predicted octanol–water partition coefficient (Wildman–Crippen LogP) is -0.497. The van der Waals surface area contributed by atoms with Crippen molar-refractivity contribution in [1.29, 1.82) is 0 Å². The van der Waals surface area contributed by atoms with Gasteiger partial charge in [0.25, 0.3) is 0 Å². The summed E-state index contributed by atoms with van der Waals surface area (Å²) in [5.74, 6) is -0.737. The molecule has 0 spiro atoms. The average Bonchev–Trinajstić information content (AvgIpc) is 2.22. The van der Waals surface area contributed by atoms with Gasteiger partial charge in [-0.15, -0.1) is 0 Å². The van der Waals surface area contributed by atoms with Crippen LogP contribution in [0.1, 0.15) is 13.3 Å². The molecule has 1 atom stereocenters. The number of hydrogen-bond acceptors (Lipinski definition) is 3. The zero-order valence-corrected chi connectivity index (χ0v) is 10.1. The number of carbonyl (C=O) groups is 2. The second-order valence-corrected chi connectivity index (χ2v) is 3.78. The number of hydrogen-bond donors (Lipinski definition) is 2. The van der Waals surface area contributed by atoms with Crippen LogP contribution in [0.15, 0.2) is 0 Å². The summed E-state index contributed by atoms with van der Waals surface area (Å²) in [6.07, 6.45) is 0.281. The van der Waals surface area contributed by atoms with Crippen LogP contribution in [0.2, 0.25) is 0 Å². The molecule has 1 unspecified atom stereocenters. The van der Waals surface area contributed by atoms with E-state index in [1.54, 1.807) is 21.0 Å². The topological polar surface area (TPSA) is 75.4 Å². The van der Waals surface area contributed by atoms with Gasteiger partial charge in [-0.1, -0.05) is 12.2 Å². The van der Waals surface area contributed by atoms with E-state index in [0.717, 1.165) is 0 Å². The molecule has 0 aromatic heterocycles. The molecule has 0 aromatic rings. The van der Waals surface area contributed by atoms with Crippen LogP contribution >= 0.6 is 12.2 Å². The highest BCUT2D eigenvalue weighted by Crippen LogP contribution is 2.01. The van der Waals surface area contributed by atoms with Gasteiger partial charge in [0, 0.05) is 27.1 Å². The summed E-state index contributed by atoms with van der Waals surface area (Å²) in [5, 5.41) is 2.48. The molecule has 3 N–H and O–H groups in total. The van der Waals surface area contributed by atoms with Crippen LogP contribution in [-0.4, -0.2) is 42.3 Å². The van der Waals surface area contributed by atoms with Crippen LogP contribution in [0.25, 0.3) is 0 Å². The Hall–Kier alpha value is -1.17. The van der Waals surface area contributed by atoms with E-state index in [9.17, 15) is 9.59 Å². The smallest absolute Gasteiger partial charge is 0.231 e. The van der Waals surface area contributed by atoms with E-state index in [0.29, 0.717) is 6.54 Å². The fourth-order valence-electron chi connectivity index (χ4n) is 0.957. The third-order valence-electron chi connectivity index (χ3n) is 2.13. The Kier molecular flexibility index (Phi) is 5.84. The first kappa shape index (κ1) is 13.8. The fourth-order valence-corrected chi connectivity index (χ4v) is 1.06. The monoisotopic (exact) mass is 231 g/mol. The van der Waals surface area contributed by atoms with E-state index in [-0.39, 0.29) is 23.2 Å². The zero-order valence-electron chi connectivity index (χ0n) is 9.24. The van der Waals surface area contributed by atoms with E-state index in [1.807, 2.05) is 0 Å². The number of nitrogens with two attached hydrogens (primary N) is 1. The Bertz CT molecular complexity index is 268. The quantitative estimate of drug-likeness (QED) is 0.626. The summed E-state index contributed by atoms with van der Waals surface area (Å²) in [6.45, 7) is 2.02. The summed E-state index contributed by atoms with van der Waals surface area (Å²) in [7, 11) is 3.18. The number of carbonyl (C=O) groups excluding carboxylic acids is 2. The van der Waals surface area contributed by atoms with Gasteiger partial charge in [-0.3, -0.25) is 9.59 Å². The number of nitrogens with zero attached hydrogens (tertiary/aromatic N) is 1. The maximum absolute atomic E-state index is 11.6. The maximum atomic E-state index is 11.6. The lowest BCUT2D eigenvalue weighted by molar-refractivity contribution is -0.132. The second-order valence-electron chi connectivity index (χ2n) is 3.31. The Morgan fingerprint density at radius 1 is 1.53 bits per heavy atom. The highest BCUT2D eigenvalue weighted by Gasteiger charge is 2.19. The van der Waals surface area contributed by atoms with Gasteiger partial charge in [-0.05, 0) is 6.92 Å². The first-order valence-corrected chi connectivity index (χ1v) is 5.05. The van der Waals surface area contributed by atoms with Gasteiger partial charge in [0.2, 0.25) is 11.8 Å². The van der Waals surface area contributed by atoms with Gasteiger partial charge in [0.1, 0.15) is 0 Å². The molecule has 0 heterocycles. The van der Waals surface area contributed by atoms with Gasteiger partial charge >= 0.3 is 0 Å². The van der Waals surface area contributed by atoms with Crippen LogP contribution in [0, 0.1) is 5.92 Å². The summed E-state index contributed by atoms with van der Waals surface area (Å²) >= 11 is 4.72. The van der Waals surface area contributed by atoms with Crippen molar-refractivity contribution in [2.45, 2.75) is 13.3 Å². The molecule has 0 saturated carbocycles. The molecule has 0 aliphatic carbocycles. The Labute approximate surface area is 95.0 Å². The van der Waals surface area contributed by atoms with Crippen molar-refractivity contribution < 1.29 is 9.59 Å². The molecular weight excluding hydrogens is 214 g/mol. The summed E-state index contributed by atoms with van der Waals surface area (Å²) in [5.41, 5.74) is 5.36. The minimum atomic E-state index is -0.477. The molecule has 0 radical (unpaired) electrons. The number of nitrogens with one attached hydrogen (secondary N) is 1. The van der Waals surface area contributed by atoms with Crippen molar-refractivity contribution in [3.63, 3.8) is 0 Å². The molecule has 0 rings (SSSR count). The van der Waals surface area contributed by atoms with Gasteiger partial charge in [-0.25, -0.2) is 0 Å². The van der Waals surface area contributed by atoms with Crippen molar-refractivity contribution in [2.75, 3.05) is 20.6 Å². The van der Waals surface area contributed by atoms with E-state index >= 15 is 0 Å². The van der Waals surface area contributed by atoms with Crippen molar-refractivity contribution in [3.8, 4) is 0 Å². The molecule has 0 aliphatic rings. The highest BCUT2D eigenvalue weighted by molar-refractivity contribution is 7.80. The lowest BCUT2D eigenvalue weighted by atomic mass is 10.1. The Morgan fingerprint density at radius 2 is 2.07 bits per heavy atom. The summed E-state index contributed by atoms with van der Waals surface area (Å²) in [6, 6.07) is 0. The van der Waals surface area contributed by atoms with Gasteiger partial charge in [0.15, 0.2) is 0 Å². The minimum Gasteiger partial charge on any atom is -0.393 e. The van der Waals surface area contributed by atoms with Crippen LogP contribution in [0.3, 0.4) is 0 Å². The van der Waals surface area contributed by atoms with Crippen molar-refractivity contribution in [2.24, 2.45) is 11.7 Å². The number of amides is 2. The fraction of sp³-hybridized carbons (Fsp3) is 0.667. The molecule has 0 bridgehead atoms. The van der Waals surface area contributed by atoms with E-state index in [2.05, 4.69) is 5.32 Å². The van der Waals surface area contributed by atoms with Crippen molar-refractivity contribution in [3.05, 3.63) is 0 Å². The first-order valence-electron chi connectivity index (χ1n) is 4.65. The van der Waals surface area contributed by atoms with Gasteiger partial charge in [0.05, 0.1) is 10.9 Å². The lowest BCUT2D eigenvalue weighted by Crippen LogP contribution is -2.39. The van der Waals surface area contributed by atoms with E-state index in [4.69, 9.17) is 18.0 Å². The average molecular weight is 231 g/mol. The molecule has 5 nitrogen and oxygen atoms in total. The lowest BCUT2D eigenvalue weighted by Gasteiger charge is -2.20. The molecule has 0 aromatic carbocycles. The van der Waals surface area contributed by atoms with E-state index < -0.39 is 5.92 Å². The molecule has 2 amide bonds. The van der Waals surface area contributed by atoms with Gasteiger partial charge in [-0.2, -0.15) is 0 Å². The van der Waals surface area contributed by atoms with Gasteiger partial charge < -0.3 is 16.0 Å². The number of thiocarbonyl (C=S) groups is 1. The molecular formula is C9H17N3O2S. The van der Waals surface area contributed by atoms with Crippen molar-refractivity contribution in [1.82, 2.24) is 10.2 Å². The molecule has 0 saturated heterocycles. The first-order chi connectivity index (χ1) is 6.90. The van der Waals surface area contributed by atoms with Crippen molar-refractivity contribution >= 4 is 29.0 Å². The second kappa shape index (κ2) is 6.34. The molecule has 6 heteroatoms. The third kappa shape index (κ3) is 4.73. The molecule has 0 fully saturated rings. The maximum Gasteiger partial charge on any atom is 0.231 e. The molecule has 86 valence electrons. The summed E-state index contributed by atoms with van der Waals surface area (Å²) in [4.78, 5) is 24.2. The predicted molar refractivity (Wildman–Crippen MR) is 62.3 cm³/mol.